The fourth-order valence-corrected chi connectivity index (χ4v) is 2.38. The minimum absolute atomic E-state index is 0.181. The zero-order chi connectivity index (χ0) is 17.6. The van der Waals surface area contributed by atoms with Crippen LogP contribution in [0.15, 0.2) is 53.6 Å². The molecule has 2 heterocycles. The van der Waals surface area contributed by atoms with E-state index in [0.29, 0.717) is 22.8 Å². The number of hydrogen-bond acceptors (Lipinski definition) is 6. The van der Waals surface area contributed by atoms with Crippen molar-refractivity contribution < 1.29 is 9.13 Å². The van der Waals surface area contributed by atoms with Gasteiger partial charge in [0.1, 0.15) is 11.8 Å². The molecule has 3 rings (SSSR count). The Morgan fingerprint density at radius 3 is 2.72 bits per heavy atom. The molecular weight excluding hydrogens is 343 g/mol. The van der Waals surface area contributed by atoms with Crippen molar-refractivity contribution in [2.45, 2.75) is 6.54 Å². The zero-order valence-electron chi connectivity index (χ0n) is 13.4. The summed E-state index contributed by atoms with van der Waals surface area (Å²) in [4.78, 5) is 20.3. The lowest BCUT2D eigenvalue weighted by molar-refractivity contribution is 0.360. The third-order valence-electron chi connectivity index (χ3n) is 3.32. The van der Waals surface area contributed by atoms with E-state index in [1.54, 1.807) is 30.6 Å². The van der Waals surface area contributed by atoms with Crippen LogP contribution >= 0.6 is 11.8 Å². The number of thioether (sulfide) groups is 1. The van der Waals surface area contributed by atoms with Crippen molar-refractivity contribution in [3.63, 3.8) is 0 Å². The molecule has 8 heteroatoms. The van der Waals surface area contributed by atoms with E-state index >= 15 is 0 Å². The average molecular weight is 358 g/mol. The van der Waals surface area contributed by atoms with Gasteiger partial charge >= 0.3 is 6.01 Å². The summed E-state index contributed by atoms with van der Waals surface area (Å²) in [6.07, 6.45) is 5.09. The number of ether oxygens (including phenoxy) is 1. The van der Waals surface area contributed by atoms with Gasteiger partial charge in [0.05, 0.1) is 12.2 Å². The highest BCUT2D eigenvalue weighted by atomic mass is 32.2. The predicted octanol–water partition coefficient (Wildman–Crippen LogP) is 2.59. The molecular formula is C17H15FN4O2S. The van der Waals surface area contributed by atoms with Crippen LogP contribution in [0.4, 0.5) is 4.39 Å². The van der Waals surface area contributed by atoms with E-state index in [4.69, 9.17) is 4.74 Å². The maximum Gasteiger partial charge on any atom is 0.317 e. The first kappa shape index (κ1) is 17.1. The van der Waals surface area contributed by atoms with E-state index in [0.717, 1.165) is 0 Å². The summed E-state index contributed by atoms with van der Waals surface area (Å²) in [5.74, 6) is 0.117. The molecule has 0 N–H and O–H groups in total. The van der Waals surface area contributed by atoms with Crippen molar-refractivity contribution in [2.75, 3.05) is 12.2 Å². The Balaban J connectivity index is 1.84. The molecule has 0 amide bonds. The summed E-state index contributed by atoms with van der Waals surface area (Å²) in [6.45, 7) is 0.181. The molecule has 1 aromatic carbocycles. The van der Waals surface area contributed by atoms with Gasteiger partial charge < -0.3 is 4.74 Å². The third-order valence-corrected chi connectivity index (χ3v) is 3.67. The zero-order valence-corrected chi connectivity index (χ0v) is 14.2. The van der Waals surface area contributed by atoms with Gasteiger partial charge in [-0.15, -0.1) is 11.8 Å². The summed E-state index contributed by atoms with van der Waals surface area (Å²) >= 11 is 1.52. The molecule has 6 nitrogen and oxygen atoms in total. The molecule has 0 saturated carbocycles. The molecule has 0 radical (unpaired) electrons. The van der Waals surface area contributed by atoms with Gasteiger partial charge in [-0.3, -0.25) is 4.79 Å². The van der Waals surface area contributed by atoms with E-state index in [1.807, 2.05) is 6.26 Å². The van der Waals surface area contributed by atoms with Crippen molar-refractivity contribution in [1.82, 2.24) is 19.7 Å². The standard InChI is InChI=1S/C17H15FN4O2S/c1-25-11-24-17-19-8-13(9-20-17)15-5-6-16(23)22(21-15)10-12-3-2-4-14(18)7-12/h2-9H,10-11H2,1H3. The van der Waals surface area contributed by atoms with Gasteiger partial charge in [-0.05, 0) is 30.0 Å². The normalized spacial score (nSPS) is 10.6. The molecule has 0 fully saturated rings. The molecule has 3 aromatic rings. The largest absolute Gasteiger partial charge is 0.452 e. The fourth-order valence-electron chi connectivity index (χ4n) is 2.16. The van der Waals surface area contributed by atoms with Gasteiger partial charge in [-0.25, -0.2) is 19.0 Å². The summed E-state index contributed by atoms with van der Waals surface area (Å²) in [5.41, 5.74) is 1.59. The number of aromatic nitrogens is 4. The van der Waals surface area contributed by atoms with Crippen LogP contribution in [-0.4, -0.2) is 31.9 Å². The molecule has 25 heavy (non-hydrogen) atoms. The van der Waals surface area contributed by atoms with Crippen molar-refractivity contribution in [3.8, 4) is 17.3 Å². The Bertz CT molecular complexity index is 915. The van der Waals surface area contributed by atoms with Crippen LogP contribution in [-0.2, 0) is 6.54 Å². The van der Waals surface area contributed by atoms with Gasteiger partial charge in [0.15, 0.2) is 0 Å². The van der Waals surface area contributed by atoms with Crippen LogP contribution in [0.2, 0.25) is 0 Å². The van der Waals surface area contributed by atoms with Crippen molar-refractivity contribution in [2.24, 2.45) is 0 Å². The highest BCUT2D eigenvalue weighted by Crippen LogP contribution is 2.15. The first-order chi connectivity index (χ1) is 12.2. The van der Waals surface area contributed by atoms with Crippen LogP contribution < -0.4 is 10.3 Å². The fraction of sp³-hybridized carbons (Fsp3) is 0.176. The maximum atomic E-state index is 13.3. The second-order valence-electron chi connectivity index (χ2n) is 5.15. The number of halogens is 1. The molecule has 128 valence electrons. The average Bonchev–Trinajstić information content (AvgIpc) is 2.62. The number of hydrogen-bond donors (Lipinski definition) is 0. The molecule has 0 spiro atoms. The summed E-state index contributed by atoms with van der Waals surface area (Å²) in [6, 6.07) is 9.37. The first-order valence-corrected chi connectivity index (χ1v) is 8.82. The van der Waals surface area contributed by atoms with Crippen LogP contribution in [0.5, 0.6) is 6.01 Å². The van der Waals surface area contributed by atoms with E-state index in [-0.39, 0.29) is 23.9 Å². The maximum absolute atomic E-state index is 13.3. The lowest BCUT2D eigenvalue weighted by atomic mass is 10.2. The van der Waals surface area contributed by atoms with Gasteiger partial charge in [0.25, 0.3) is 5.56 Å². The van der Waals surface area contributed by atoms with Crippen LogP contribution in [0, 0.1) is 5.82 Å². The quantitative estimate of drug-likeness (QED) is 0.631. The molecule has 0 saturated heterocycles. The highest BCUT2D eigenvalue weighted by Gasteiger charge is 2.07. The Morgan fingerprint density at radius 2 is 2.00 bits per heavy atom. The molecule has 0 aliphatic rings. The number of nitrogens with zero attached hydrogens (tertiary/aromatic N) is 4. The molecule has 0 atom stereocenters. The second-order valence-corrected chi connectivity index (χ2v) is 5.96. The van der Waals surface area contributed by atoms with Crippen LogP contribution in [0.3, 0.4) is 0 Å². The van der Waals surface area contributed by atoms with Crippen LogP contribution in [0.1, 0.15) is 5.56 Å². The Labute approximate surface area is 147 Å². The third kappa shape index (κ3) is 4.42. The Morgan fingerprint density at radius 1 is 1.20 bits per heavy atom. The summed E-state index contributed by atoms with van der Waals surface area (Å²) in [5, 5.41) is 4.32. The smallest absolute Gasteiger partial charge is 0.317 e. The van der Waals surface area contributed by atoms with Gasteiger partial charge in [-0.1, -0.05) is 12.1 Å². The van der Waals surface area contributed by atoms with E-state index in [9.17, 15) is 9.18 Å². The van der Waals surface area contributed by atoms with E-state index in [2.05, 4.69) is 15.1 Å². The first-order valence-electron chi connectivity index (χ1n) is 7.42. The second kappa shape index (κ2) is 7.89. The molecule has 0 bridgehead atoms. The summed E-state index contributed by atoms with van der Waals surface area (Å²) in [7, 11) is 0. The topological polar surface area (TPSA) is 69.9 Å². The summed E-state index contributed by atoms with van der Waals surface area (Å²) < 4.78 is 19.9. The Hall–Kier alpha value is -2.74. The Kier molecular flexibility index (Phi) is 5.39. The monoisotopic (exact) mass is 358 g/mol. The van der Waals surface area contributed by atoms with Crippen molar-refractivity contribution in [1.29, 1.82) is 0 Å². The highest BCUT2D eigenvalue weighted by molar-refractivity contribution is 7.98. The molecule has 0 aliphatic heterocycles. The number of benzene rings is 1. The van der Waals surface area contributed by atoms with E-state index in [1.165, 1.54) is 34.6 Å². The lowest BCUT2D eigenvalue weighted by Gasteiger charge is -2.08. The van der Waals surface area contributed by atoms with Gasteiger partial charge in [0, 0.05) is 24.0 Å². The molecule has 0 aliphatic carbocycles. The minimum Gasteiger partial charge on any atom is -0.452 e. The SMILES string of the molecule is CSCOc1ncc(-c2ccc(=O)n(Cc3cccc(F)c3)n2)cn1. The van der Waals surface area contributed by atoms with Crippen molar-refractivity contribution >= 4 is 11.8 Å². The molecule has 0 unspecified atom stereocenters. The van der Waals surface area contributed by atoms with Crippen molar-refractivity contribution in [3.05, 3.63) is 70.5 Å². The lowest BCUT2D eigenvalue weighted by Crippen LogP contribution is -2.22. The molecule has 2 aromatic heterocycles. The number of rotatable bonds is 6. The van der Waals surface area contributed by atoms with Gasteiger partial charge in [0.2, 0.25) is 0 Å². The predicted molar refractivity (Wildman–Crippen MR) is 94.0 cm³/mol. The van der Waals surface area contributed by atoms with Crippen LogP contribution in [0.25, 0.3) is 11.3 Å². The minimum atomic E-state index is -0.351. The van der Waals surface area contributed by atoms with Gasteiger partial charge in [-0.2, -0.15) is 5.10 Å². The van der Waals surface area contributed by atoms with E-state index < -0.39 is 0 Å².